The standard InChI is InChI=1S/C12H12FNO3/c1-7-2-3-9(8(13)6-7)14-10(15)12(4-5-12)11(16)17/h2-3,6H,4-5H2,1H3,(H,14,15)(H,16,17). The molecule has 0 saturated heterocycles. The van der Waals surface area contributed by atoms with Crippen LogP contribution in [0, 0.1) is 18.2 Å². The number of carboxylic acid groups (broad SMARTS) is 1. The number of aliphatic carboxylic acids is 1. The fourth-order valence-corrected chi connectivity index (χ4v) is 1.63. The van der Waals surface area contributed by atoms with E-state index in [2.05, 4.69) is 5.32 Å². The highest BCUT2D eigenvalue weighted by atomic mass is 19.1. The number of hydrogen-bond donors (Lipinski definition) is 2. The van der Waals surface area contributed by atoms with Gasteiger partial charge in [0.15, 0.2) is 0 Å². The van der Waals surface area contributed by atoms with E-state index in [-0.39, 0.29) is 5.69 Å². The highest BCUT2D eigenvalue weighted by molar-refractivity contribution is 6.10. The molecule has 0 bridgehead atoms. The Hall–Kier alpha value is -1.91. The minimum atomic E-state index is -1.35. The molecule has 1 amide bonds. The Morgan fingerprint density at radius 3 is 2.53 bits per heavy atom. The van der Waals surface area contributed by atoms with Crippen molar-refractivity contribution >= 4 is 17.6 Å². The van der Waals surface area contributed by atoms with E-state index in [1.165, 1.54) is 12.1 Å². The quantitative estimate of drug-likeness (QED) is 0.789. The van der Waals surface area contributed by atoms with E-state index in [9.17, 15) is 14.0 Å². The monoisotopic (exact) mass is 237 g/mol. The van der Waals surface area contributed by atoms with E-state index in [1.807, 2.05) is 0 Å². The minimum absolute atomic E-state index is 0.0214. The van der Waals surface area contributed by atoms with Crippen LogP contribution < -0.4 is 5.32 Å². The molecule has 2 N–H and O–H groups in total. The summed E-state index contributed by atoms with van der Waals surface area (Å²) in [6.45, 7) is 1.73. The summed E-state index contributed by atoms with van der Waals surface area (Å²) in [7, 11) is 0. The summed E-state index contributed by atoms with van der Waals surface area (Å²) >= 11 is 0. The summed E-state index contributed by atoms with van der Waals surface area (Å²) in [5, 5.41) is 11.2. The van der Waals surface area contributed by atoms with Crippen molar-refractivity contribution in [1.29, 1.82) is 0 Å². The maximum atomic E-state index is 13.5. The van der Waals surface area contributed by atoms with Gasteiger partial charge in [-0.05, 0) is 37.5 Å². The maximum absolute atomic E-state index is 13.5. The normalized spacial score (nSPS) is 16.4. The van der Waals surface area contributed by atoms with Gasteiger partial charge in [-0.25, -0.2) is 4.39 Å². The van der Waals surface area contributed by atoms with Crippen LogP contribution in [-0.4, -0.2) is 17.0 Å². The van der Waals surface area contributed by atoms with Crippen LogP contribution in [0.5, 0.6) is 0 Å². The fourth-order valence-electron chi connectivity index (χ4n) is 1.63. The third kappa shape index (κ3) is 2.00. The lowest BCUT2D eigenvalue weighted by Crippen LogP contribution is -2.31. The summed E-state index contributed by atoms with van der Waals surface area (Å²) in [6.07, 6.45) is 0.614. The SMILES string of the molecule is Cc1ccc(NC(=O)C2(C(=O)O)CC2)c(F)c1. The van der Waals surface area contributed by atoms with Gasteiger partial charge < -0.3 is 10.4 Å². The van der Waals surface area contributed by atoms with E-state index >= 15 is 0 Å². The van der Waals surface area contributed by atoms with Crippen molar-refractivity contribution in [3.63, 3.8) is 0 Å². The molecule has 1 saturated carbocycles. The molecule has 0 radical (unpaired) electrons. The molecule has 0 unspecified atom stereocenters. The second kappa shape index (κ2) is 3.84. The number of carboxylic acids is 1. The Morgan fingerprint density at radius 1 is 1.41 bits per heavy atom. The second-order valence-corrected chi connectivity index (χ2v) is 4.32. The average Bonchev–Trinajstić information content (AvgIpc) is 3.02. The van der Waals surface area contributed by atoms with Crippen LogP contribution in [0.1, 0.15) is 18.4 Å². The van der Waals surface area contributed by atoms with Crippen LogP contribution in [0.4, 0.5) is 10.1 Å². The van der Waals surface area contributed by atoms with Gasteiger partial charge in [0.25, 0.3) is 0 Å². The molecule has 1 aliphatic rings. The molecule has 0 aromatic heterocycles. The number of aryl methyl sites for hydroxylation is 1. The highest BCUT2D eigenvalue weighted by Gasteiger charge is 2.57. The zero-order valence-corrected chi connectivity index (χ0v) is 9.29. The van der Waals surface area contributed by atoms with E-state index < -0.39 is 23.1 Å². The number of rotatable bonds is 3. The molecule has 5 heteroatoms. The third-order valence-electron chi connectivity index (χ3n) is 2.97. The molecule has 0 spiro atoms. The van der Waals surface area contributed by atoms with Gasteiger partial charge in [0.05, 0.1) is 5.69 Å². The highest BCUT2D eigenvalue weighted by Crippen LogP contribution is 2.46. The van der Waals surface area contributed by atoms with E-state index in [0.717, 1.165) is 5.56 Å². The smallest absolute Gasteiger partial charge is 0.319 e. The summed E-state index contributed by atoms with van der Waals surface area (Å²) in [6, 6.07) is 4.37. The predicted octanol–water partition coefficient (Wildman–Crippen LogP) is 1.94. The Bertz CT molecular complexity index is 495. The predicted molar refractivity (Wildman–Crippen MR) is 59.1 cm³/mol. The Labute approximate surface area is 97.4 Å². The van der Waals surface area contributed by atoms with E-state index in [0.29, 0.717) is 12.8 Å². The van der Waals surface area contributed by atoms with Gasteiger partial charge in [-0.3, -0.25) is 9.59 Å². The van der Waals surface area contributed by atoms with Crippen molar-refractivity contribution in [1.82, 2.24) is 0 Å². The van der Waals surface area contributed by atoms with Crippen molar-refractivity contribution < 1.29 is 19.1 Å². The molecule has 1 aromatic rings. The Morgan fingerprint density at radius 2 is 2.06 bits per heavy atom. The molecule has 17 heavy (non-hydrogen) atoms. The van der Waals surface area contributed by atoms with Gasteiger partial charge in [0.1, 0.15) is 11.2 Å². The number of halogens is 1. The first-order valence-corrected chi connectivity index (χ1v) is 5.27. The lowest BCUT2D eigenvalue weighted by molar-refractivity contribution is -0.147. The average molecular weight is 237 g/mol. The van der Waals surface area contributed by atoms with Crippen LogP contribution in [0.2, 0.25) is 0 Å². The van der Waals surface area contributed by atoms with Crippen LogP contribution >= 0.6 is 0 Å². The van der Waals surface area contributed by atoms with Crippen LogP contribution in [0.25, 0.3) is 0 Å². The number of anilines is 1. The molecule has 1 fully saturated rings. The number of carbonyl (C=O) groups is 2. The van der Waals surface area contributed by atoms with Crippen molar-refractivity contribution in [2.45, 2.75) is 19.8 Å². The molecule has 1 aromatic carbocycles. The number of nitrogens with one attached hydrogen (secondary N) is 1. The molecule has 0 aliphatic heterocycles. The molecule has 90 valence electrons. The molecular formula is C12H12FNO3. The maximum Gasteiger partial charge on any atom is 0.319 e. The van der Waals surface area contributed by atoms with Crippen molar-refractivity contribution in [2.24, 2.45) is 5.41 Å². The van der Waals surface area contributed by atoms with Gasteiger partial charge in [-0.1, -0.05) is 6.07 Å². The first kappa shape index (κ1) is 11.6. The van der Waals surface area contributed by atoms with Gasteiger partial charge in [-0.2, -0.15) is 0 Å². The molecule has 0 heterocycles. The summed E-state index contributed by atoms with van der Waals surface area (Å²) in [5.41, 5.74) is -0.592. The van der Waals surface area contributed by atoms with Gasteiger partial charge in [-0.15, -0.1) is 0 Å². The topological polar surface area (TPSA) is 66.4 Å². The zero-order chi connectivity index (χ0) is 12.6. The Balaban J connectivity index is 2.17. The summed E-state index contributed by atoms with van der Waals surface area (Å²) < 4.78 is 13.5. The van der Waals surface area contributed by atoms with Gasteiger partial charge in [0.2, 0.25) is 5.91 Å². The third-order valence-corrected chi connectivity index (χ3v) is 2.97. The fraction of sp³-hybridized carbons (Fsp3) is 0.333. The molecule has 4 nitrogen and oxygen atoms in total. The first-order chi connectivity index (χ1) is 7.95. The number of amides is 1. The van der Waals surface area contributed by atoms with E-state index in [4.69, 9.17) is 5.11 Å². The largest absolute Gasteiger partial charge is 0.480 e. The summed E-state index contributed by atoms with van der Waals surface area (Å²) in [5.74, 6) is -2.35. The van der Waals surface area contributed by atoms with Crippen LogP contribution in [-0.2, 0) is 9.59 Å². The molecule has 1 aliphatic carbocycles. The van der Waals surface area contributed by atoms with Crippen molar-refractivity contribution in [3.05, 3.63) is 29.6 Å². The van der Waals surface area contributed by atoms with Gasteiger partial charge >= 0.3 is 5.97 Å². The van der Waals surface area contributed by atoms with Gasteiger partial charge in [0, 0.05) is 0 Å². The first-order valence-electron chi connectivity index (χ1n) is 5.27. The second-order valence-electron chi connectivity index (χ2n) is 4.32. The number of benzene rings is 1. The summed E-state index contributed by atoms with van der Waals surface area (Å²) in [4.78, 5) is 22.6. The van der Waals surface area contributed by atoms with E-state index in [1.54, 1.807) is 13.0 Å². The lowest BCUT2D eigenvalue weighted by atomic mass is 10.1. The Kier molecular flexibility index (Phi) is 2.61. The van der Waals surface area contributed by atoms with Crippen molar-refractivity contribution in [2.75, 3.05) is 5.32 Å². The molecule has 0 atom stereocenters. The van der Waals surface area contributed by atoms with Crippen molar-refractivity contribution in [3.8, 4) is 0 Å². The number of carbonyl (C=O) groups excluding carboxylic acids is 1. The van der Waals surface area contributed by atoms with Crippen LogP contribution in [0.15, 0.2) is 18.2 Å². The molecular weight excluding hydrogens is 225 g/mol. The lowest BCUT2D eigenvalue weighted by Gasteiger charge is -2.11. The number of hydrogen-bond acceptors (Lipinski definition) is 2. The van der Waals surface area contributed by atoms with Crippen LogP contribution in [0.3, 0.4) is 0 Å². The molecule has 2 rings (SSSR count). The zero-order valence-electron chi connectivity index (χ0n) is 9.29. The minimum Gasteiger partial charge on any atom is -0.480 e.